The third-order valence-corrected chi connectivity index (χ3v) is 6.50. The quantitative estimate of drug-likeness (QED) is 0.828. The fourth-order valence-electron chi connectivity index (χ4n) is 4.61. The van der Waals surface area contributed by atoms with Crippen LogP contribution in [0.4, 0.5) is 0 Å². The van der Waals surface area contributed by atoms with Crippen molar-refractivity contribution < 1.29 is 24.6 Å². The van der Waals surface area contributed by atoms with E-state index in [-0.39, 0.29) is 28.9 Å². The summed E-state index contributed by atoms with van der Waals surface area (Å²) in [6.07, 6.45) is 3.51. The molecule has 1 spiro atoms. The third kappa shape index (κ3) is 3.34. The molecule has 0 unspecified atom stereocenters. The molecule has 1 atom stereocenters. The average molecular weight is 386 g/mol. The first-order valence-electron chi connectivity index (χ1n) is 9.92. The minimum absolute atomic E-state index is 0.00274. The van der Waals surface area contributed by atoms with Gasteiger partial charge in [-0.25, -0.2) is 4.79 Å². The molecule has 2 N–H and O–H groups in total. The topological polar surface area (TPSA) is 98.2 Å². The minimum Gasteiger partial charge on any atom is -0.507 e. The van der Waals surface area contributed by atoms with Crippen LogP contribution in [0.2, 0.25) is 0 Å². The molecule has 2 heterocycles. The second kappa shape index (κ2) is 6.79. The molecule has 150 valence electrons. The minimum atomic E-state index is -0.936. The van der Waals surface area contributed by atoms with E-state index >= 15 is 0 Å². The van der Waals surface area contributed by atoms with Crippen molar-refractivity contribution in [2.24, 2.45) is 11.3 Å². The van der Waals surface area contributed by atoms with Gasteiger partial charge in [-0.3, -0.25) is 9.59 Å². The third-order valence-electron chi connectivity index (χ3n) is 6.50. The van der Waals surface area contributed by atoms with E-state index in [1.165, 1.54) is 6.07 Å². The first-order valence-corrected chi connectivity index (χ1v) is 9.92. The maximum atomic E-state index is 12.8. The number of phenols is 1. The lowest BCUT2D eigenvalue weighted by atomic mass is 9.76. The number of carbonyl (C=O) groups is 3. The standard InChI is InChI=1S/C21H26N2O5/c1-13-2-5-17(24)15(10-13)19(26)22-8-6-21(7-9-22)11-16(20(27)28)23(12-21)18(25)14-3-4-14/h2,5,10,14,16,24H,3-4,6-9,11-12H2,1H3,(H,27,28)/t16-/m1/s1. The van der Waals surface area contributed by atoms with E-state index in [0.717, 1.165) is 18.4 Å². The van der Waals surface area contributed by atoms with Crippen LogP contribution in [-0.4, -0.2) is 63.5 Å². The van der Waals surface area contributed by atoms with E-state index < -0.39 is 12.0 Å². The summed E-state index contributed by atoms with van der Waals surface area (Å²) in [5, 5.41) is 19.6. The summed E-state index contributed by atoms with van der Waals surface area (Å²) in [6, 6.07) is 4.22. The van der Waals surface area contributed by atoms with Gasteiger partial charge in [0.25, 0.3) is 5.91 Å². The van der Waals surface area contributed by atoms with Gasteiger partial charge in [0.1, 0.15) is 11.8 Å². The van der Waals surface area contributed by atoms with Gasteiger partial charge < -0.3 is 20.0 Å². The van der Waals surface area contributed by atoms with Crippen LogP contribution in [0.15, 0.2) is 18.2 Å². The Bertz CT molecular complexity index is 824. The first-order chi connectivity index (χ1) is 13.3. The van der Waals surface area contributed by atoms with Crippen LogP contribution in [0, 0.1) is 18.3 Å². The maximum absolute atomic E-state index is 12.8. The second-order valence-corrected chi connectivity index (χ2v) is 8.61. The van der Waals surface area contributed by atoms with E-state index in [1.807, 2.05) is 6.92 Å². The molecule has 3 fully saturated rings. The summed E-state index contributed by atoms with van der Waals surface area (Å²) in [5.74, 6) is -1.18. The number of hydrogen-bond donors (Lipinski definition) is 2. The number of benzene rings is 1. The van der Waals surface area contributed by atoms with E-state index in [0.29, 0.717) is 44.5 Å². The zero-order chi connectivity index (χ0) is 20.1. The van der Waals surface area contributed by atoms with Gasteiger partial charge in [0.2, 0.25) is 5.91 Å². The Morgan fingerprint density at radius 2 is 1.82 bits per heavy atom. The molecule has 7 heteroatoms. The molecule has 1 saturated carbocycles. The van der Waals surface area contributed by atoms with Crippen molar-refractivity contribution in [3.05, 3.63) is 29.3 Å². The predicted molar refractivity (Wildman–Crippen MR) is 101 cm³/mol. The van der Waals surface area contributed by atoms with Crippen LogP contribution in [0.3, 0.4) is 0 Å². The van der Waals surface area contributed by atoms with Gasteiger partial charge >= 0.3 is 5.97 Å². The Balaban J connectivity index is 1.45. The van der Waals surface area contributed by atoms with E-state index in [4.69, 9.17) is 0 Å². The molecule has 0 bridgehead atoms. The van der Waals surface area contributed by atoms with Gasteiger partial charge in [0.05, 0.1) is 5.56 Å². The lowest BCUT2D eigenvalue weighted by Gasteiger charge is -2.39. The molecule has 3 aliphatic rings. The molecule has 2 aliphatic heterocycles. The number of aromatic hydroxyl groups is 1. The fraction of sp³-hybridized carbons (Fsp3) is 0.571. The Morgan fingerprint density at radius 3 is 2.43 bits per heavy atom. The van der Waals surface area contributed by atoms with Gasteiger partial charge in [-0.15, -0.1) is 0 Å². The number of carboxylic acid groups (broad SMARTS) is 1. The van der Waals surface area contributed by atoms with Crippen molar-refractivity contribution in [2.45, 2.75) is 45.1 Å². The molecule has 28 heavy (non-hydrogen) atoms. The Kier molecular flexibility index (Phi) is 4.56. The van der Waals surface area contributed by atoms with Gasteiger partial charge in [-0.05, 0) is 56.6 Å². The number of likely N-dealkylation sites (tertiary alicyclic amines) is 2. The highest BCUT2D eigenvalue weighted by molar-refractivity contribution is 5.97. The Labute approximate surface area is 163 Å². The van der Waals surface area contributed by atoms with Crippen molar-refractivity contribution in [3.8, 4) is 5.75 Å². The monoisotopic (exact) mass is 386 g/mol. The van der Waals surface area contributed by atoms with Crippen LogP contribution in [0.1, 0.15) is 48.0 Å². The molecule has 0 radical (unpaired) electrons. The number of aryl methyl sites for hydroxylation is 1. The van der Waals surface area contributed by atoms with Crippen LogP contribution in [-0.2, 0) is 9.59 Å². The summed E-state index contributed by atoms with van der Waals surface area (Å²) in [7, 11) is 0. The first kappa shape index (κ1) is 18.8. The largest absolute Gasteiger partial charge is 0.507 e. The molecule has 7 nitrogen and oxygen atoms in total. The highest BCUT2D eigenvalue weighted by Gasteiger charge is 2.52. The van der Waals surface area contributed by atoms with Crippen molar-refractivity contribution in [1.82, 2.24) is 9.80 Å². The van der Waals surface area contributed by atoms with Crippen LogP contribution < -0.4 is 0 Å². The summed E-state index contributed by atoms with van der Waals surface area (Å²) < 4.78 is 0. The molecule has 2 amide bonds. The second-order valence-electron chi connectivity index (χ2n) is 8.61. The Hall–Kier alpha value is -2.57. The molecule has 4 rings (SSSR count). The molecular formula is C21H26N2O5. The van der Waals surface area contributed by atoms with Gasteiger partial charge in [-0.1, -0.05) is 11.6 Å². The van der Waals surface area contributed by atoms with Gasteiger partial charge in [0.15, 0.2) is 0 Å². The van der Waals surface area contributed by atoms with Crippen molar-refractivity contribution in [2.75, 3.05) is 19.6 Å². The number of piperidine rings is 1. The number of aliphatic carboxylic acids is 1. The van der Waals surface area contributed by atoms with Gasteiger partial charge in [-0.2, -0.15) is 0 Å². The van der Waals surface area contributed by atoms with E-state index in [2.05, 4.69) is 0 Å². The zero-order valence-electron chi connectivity index (χ0n) is 16.1. The number of carboxylic acids is 1. The van der Waals surface area contributed by atoms with E-state index in [1.54, 1.807) is 21.9 Å². The number of nitrogens with zero attached hydrogens (tertiary/aromatic N) is 2. The van der Waals surface area contributed by atoms with Crippen LogP contribution in [0.5, 0.6) is 5.75 Å². The molecule has 1 aromatic carbocycles. The zero-order valence-corrected chi connectivity index (χ0v) is 16.1. The number of amides is 2. The van der Waals surface area contributed by atoms with Crippen LogP contribution in [0.25, 0.3) is 0 Å². The molecule has 2 saturated heterocycles. The maximum Gasteiger partial charge on any atom is 0.326 e. The fourth-order valence-corrected chi connectivity index (χ4v) is 4.61. The molecule has 1 aliphatic carbocycles. The number of hydrogen-bond acceptors (Lipinski definition) is 4. The predicted octanol–water partition coefficient (Wildman–Crippen LogP) is 2.02. The molecule has 1 aromatic rings. The summed E-state index contributed by atoms with van der Waals surface area (Å²) in [6.45, 7) is 3.35. The highest BCUT2D eigenvalue weighted by Crippen LogP contribution is 2.45. The van der Waals surface area contributed by atoms with E-state index in [9.17, 15) is 24.6 Å². The van der Waals surface area contributed by atoms with Gasteiger partial charge in [0, 0.05) is 25.6 Å². The van der Waals surface area contributed by atoms with Crippen LogP contribution >= 0.6 is 0 Å². The van der Waals surface area contributed by atoms with Crippen molar-refractivity contribution in [3.63, 3.8) is 0 Å². The molecular weight excluding hydrogens is 360 g/mol. The number of rotatable bonds is 3. The smallest absolute Gasteiger partial charge is 0.326 e. The highest BCUT2D eigenvalue weighted by atomic mass is 16.4. The summed E-state index contributed by atoms with van der Waals surface area (Å²) >= 11 is 0. The number of phenolic OH excluding ortho intramolecular Hbond substituents is 1. The lowest BCUT2D eigenvalue weighted by Crippen LogP contribution is -2.45. The van der Waals surface area contributed by atoms with Crippen molar-refractivity contribution in [1.29, 1.82) is 0 Å². The summed E-state index contributed by atoms with van der Waals surface area (Å²) in [5.41, 5.74) is 0.972. The normalized spacial score (nSPS) is 23.8. The molecule has 0 aromatic heterocycles. The average Bonchev–Trinajstić information content (AvgIpc) is 3.45. The Morgan fingerprint density at radius 1 is 1.14 bits per heavy atom. The number of carbonyl (C=O) groups excluding carboxylic acids is 2. The lowest BCUT2D eigenvalue weighted by molar-refractivity contribution is -0.148. The van der Waals surface area contributed by atoms with Crippen molar-refractivity contribution >= 4 is 17.8 Å². The summed E-state index contributed by atoms with van der Waals surface area (Å²) in [4.78, 5) is 40.4. The SMILES string of the molecule is Cc1ccc(O)c(C(=O)N2CCC3(CC2)C[C@H](C(=O)O)N(C(=O)C2CC2)C3)c1.